The van der Waals surface area contributed by atoms with Crippen LogP contribution >= 0.6 is 0 Å². The average molecular weight is 286 g/mol. The zero-order valence-electron chi connectivity index (χ0n) is 13.1. The Morgan fingerprint density at radius 3 is 2.38 bits per heavy atom. The third-order valence-electron chi connectivity index (χ3n) is 3.84. The van der Waals surface area contributed by atoms with Gasteiger partial charge in [-0.15, -0.1) is 0 Å². The molecule has 0 aliphatic heterocycles. The lowest BCUT2D eigenvalue weighted by molar-refractivity contribution is 0.0526. The van der Waals surface area contributed by atoms with Gasteiger partial charge in [-0.05, 0) is 25.8 Å². The van der Waals surface area contributed by atoms with E-state index in [1.807, 2.05) is 30.7 Å². The normalized spacial score (nSPS) is 10.7. The number of carbonyl (C=O) groups is 1. The molecule has 0 fully saturated rings. The second kappa shape index (κ2) is 6.04. The van der Waals surface area contributed by atoms with E-state index in [1.165, 1.54) is 5.56 Å². The average Bonchev–Trinajstić information content (AvgIpc) is 2.70. The number of nitrogens with two attached hydrogens (primary N) is 1. The predicted octanol–water partition coefficient (Wildman–Crippen LogP) is 3.32. The van der Waals surface area contributed by atoms with Crippen molar-refractivity contribution in [3.05, 3.63) is 41.1 Å². The zero-order valence-corrected chi connectivity index (χ0v) is 13.1. The Morgan fingerprint density at radius 2 is 1.86 bits per heavy atom. The van der Waals surface area contributed by atoms with Crippen LogP contribution in [0.5, 0.6) is 0 Å². The largest absolute Gasteiger partial charge is 0.462 e. The SMILES string of the molecule is CCOC(=O)c1c(N)c(-c2ccc(CC)cc2)n(C)c1C. The van der Waals surface area contributed by atoms with Crippen LogP contribution in [0.3, 0.4) is 0 Å². The maximum atomic E-state index is 12.1. The Bertz CT molecular complexity index is 654. The molecule has 0 radical (unpaired) electrons. The van der Waals surface area contributed by atoms with Gasteiger partial charge < -0.3 is 15.0 Å². The first kappa shape index (κ1) is 15.2. The second-order valence-corrected chi connectivity index (χ2v) is 5.05. The Kier molecular flexibility index (Phi) is 4.36. The van der Waals surface area contributed by atoms with Gasteiger partial charge in [-0.3, -0.25) is 0 Å². The van der Waals surface area contributed by atoms with Crippen molar-refractivity contribution in [1.82, 2.24) is 4.57 Å². The number of rotatable bonds is 4. The molecule has 0 amide bonds. The van der Waals surface area contributed by atoms with Crippen molar-refractivity contribution in [2.24, 2.45) is 7.05 Å². The summed E-state index contributed by atoms with van der Waals surface area (Å²) in [4.78, 5) is 12.1. The van der Waals surface area contributed by atoms with E-state index in [0.717, 1.165) is 23.4 Å². The summed E-state index contributed by atoms with van der Waals surface area (Å²) in [6.45, 7) is 6.13. The van der Waals surface area contributed by atoms with E-state index in [4.69, 9.17) is 10.5 Å². The summed E-state index contributed by atoms with van der Waals surface area (Å²) < 4.78 is 7.05. The van der Waals surface area contributed by atoms with Gasteiger partial charge in [-0.2, -0.15) is 0 Å². The lowest BCUT2D eigenvalue weighted by Crippen LogP contribution is -2.08. The van der Waals surface area contributed by atoms with Gasteiger partial charge in [0.1, 0.15) is 5.56 Å². The first-order chi connectivity index (χ1) is 10.0. The van der Waals surface area contributed by atoms with Crippen molar-refractivity contribution in [3.63, 3.8) is 0 Å². The van der Waals surface area contributed by atoms with Crippen LogP contribution in [0, 0.1) is 6.92 Å². The summed E-state index contributed by atoms with van der Waals surface area (Å²) in [5.74, 6) is -0.362. The number of aryl methyl sites for hydroxylation is 1. The highest BCUT2D eigenvalue weighted by Crippen LogP contribution is 2.33. The molecule has 1 heterocycles. The molecule has 4 heteroatoms. The molecule has 2 aromatic rings. The minimum atomic E-state index is -0.362. The molecule has 112 valence electrons. The number of ether oxygens (including phenoxy) is 1. The van der Waals surface area contributed by atoms with Crippen LogP contribution in [-0.2, 0) is 18.2 Å². The van der Waals surface area contributed by atoms with Crippen molar-refractivity contribution in [2.45, 2.75) is 27.2 Å². The summed E-state index contributed by atoms with van der Waals surface area (Å²) >= 11 is 0. The lowest BCUT2D eigenvalue weighted by atomic mass is 10.1. The van der Waals surface area contributed by atoms with Crippen molar-refractivity contribution in [1.29, 1.82) is 0 Å². The van der Waals surface area contributed by atoms with Gasteiger partial charge in [0, 0.05) is 18.3 Å². The molecule has 0 saturated carbocycles. The van der Waals surface area contributed by atoms with Gasteiger partial charge in [0.05, 0.1) is 18.0 Å². The van der Waals surface area contributed by atoms with E-state index >= 15 is 0 Å². The minimum Gasteiger partial charge on any atom is -0.462 e. The standard InChI is InChI=1S/C17H22N2O2/c1-5-12-7-9-13(10-8-12)16-15(18)14(11(3)19(16)4)17(20)21-6-2/h7-10H,5-6,18H2,1-4H3. The molecular formula is C17H22N2O2. The summed E-state index contributed by atoms with van der Waals surface area (Å²) in [5, 5.41) is 0. The third kappa shape index (κ3) is 2.66. The zero-order chi connectivity index (χ0) is 15.6. The van der Waals surface area contributed by atoms with Crippen LogP contribution < -0.4 is 5.73 Å². The van der Waals surface area contributed by atoms with Crippen molar-refractivity contribution in [2.75, 3.05) is 12.3 Å². The Morgan fingerprint density at radius 1 is 1.24 bits per heavy atom. The lowest BCUT2D eigenvalue weighted by Gasteiger charge is -2.07. The molecule has 1 aromatic heterocycles. The summed E-state index contributed by atoms with van der Waals surface area (Å²) in [6, 6.07) is 8.25. The fourth-order valence-corrected chi connectivity index (χ4v) is 2.54. The van der Waals surface area contributed by atoms with Gasteiger partial charge in [0.15, 0.2) is 0 Å². The summed E-state index contributed by atoms with van der Waals surface area (Å²) in [7, 11) is 1.91. The molecule has 0 aliphatic rings. The molecular weight excluding hydrogens is 264 g/mol. The molecule has 21 heavy (non-hydrogen) atoms. The molecule has 2 N–H and O–H groups in total. The smallest absolute Gasteiger partial charge is 0.342 e. The van der Waals surface area contributed by atoms with Gasteiger partial charge in [-0.25, -0.2) is 4.79 Å². The topological polar surface area (TPSA) is 57.2 Å². The van der Waals surface area contributed by atoms with E-state index < -0.39 is 0 Å². The van der Waals surface area contributed by atoms with Crippen LogP contribution in [0.15, 0.2) is 24.3 Å². The van der Waals surface area contributed by atoms with Gasteiger partial charge in [-0.1, -0.05) is 31.2 Å². The number of hydrogen-bond acceptors (Lipinski definition) is 3. The highest BCUT2D eigenvalue weighted by molar-refractivity contribution is 6.01. The molecule has 2 rings (SSSR count). The van der Waals surface area contributed by atoms with Crippen molar-refractivity contribution < 1.29 is 9.53 Å². The minimum absolute atomic E-state index is 0.340. The van der Waals surface area contributed by atoms with E-state index in [9.17, 15) is 4.79 Å². The van der Waals surface area contributed by atoms with Gasteiger partial charge in [0.2, 0.25) is 0 Å². The molecule has 1 aromatic carbocycles. The molecule has 0 spiro atoms. The maximum absolute atomic E-state index is 12.1. The third-order valence-corrected chi connectivity index (χ3v) is 3.84. The summed E-state index contributed by atoms with van der Waals surface area (Å²) in [5.41, 5.74) is 11.1. The van der Waals surface area contributed by atoms with E-state index in [0.29, 0.717) is 17.9 Å². The molecule has 0 bridgehead atoms. The molecule has 4 nitrogen and oxygen atoms in total. The van der Waals surface area contributed by atoms with E-state index in [1.54, 1.807) is 6.92 Å². The maximum Gasteiger partial charge on any atom is 0.342 e. The molecule has 0 saturated heterocycles. The quantitative estimate of drug-likeness (QED) is 0.877. The summed E-state index contributed by atoms with van der Waals surface area (Å²) in [6.07, 6.45) is 0.996. The number of nitrogens with zero attached hydrogens (tertiary/aromatic N) is 1. The Labute approximate surface area is 125 Å². The highest BCUT2D eigenvalue weighted by Gasteiger charge is 2.23. The number of anilines is 1. The number of hydrogen-bond donors (Lipinski definition) is 1. The Hall–Kier alpha value is -2.23. The van der Waals surface area contributed by atoms with E-state index in [2.05, 4.69) is 19.1 Å². The number of benzene rings is 1. The number of aromatic nitrogens is 1. The highest BCUT2D eigenvalue weighted by atomic mass is 16.5. The monoisotopic (exact) mass is 286 g/mol. The number of esters is 1. The van der Waals surface area contributed by atoms with Crippen molar-refractivity contribution in [3.8, 4) is 11.3 Å². The van der Waals surface area contributed by atoms with Gasteiger partial charge in [0.25, 0.3) is 0 Å². The molecule has 0 atom stereocenters. The van der Waals surface area contributed by atoms with Crippen LogP contribution in [0.25, 0.3) is 11.3 Å². The van der Waals surface area contributed by atoms with E-state index in [-0.39, 0.29) is 5.97 Å². The van der Waals surface area contributed by atoms with Crippen molar-refractivity contribution >= 4 is 11.7 Å². The molecule has 0 aliphatic carbocycles. The van der Waals surface area contributed by atoms with Crippen LogP contribution in [0.2, 0.25) is 0 Å². The van der Waals surface area contributed by atoms with Crippen LogP contribution in [0.4, 0.5) is 5.69 Å². The first-order valence-electron chi connectivity index (χ1n) is 7.22. The molecule has 0 unspecified atom stereocenters. The van der Waals surface area contributed by atoms with Crippen LogP contribution in [-0.4, -0.2) is 17.1 Å². The Balaban J connectivity index is 2.54. The second-order valence-electron chi connectivity index (χ2n) is 5.05. The number of carbonyl (C=O) groups excluding carboxylic acids is 1. The fraction of sp³-hybridized carbons (Fsp3) is 0.353. The predicted molar refractivity (Wildman–Crippen MR) is 85.3 cm³/mol. The van der Waals surface area contributed by atoms with Gasteiger partial charge >= 0.3 is 5.97 Å². The number of nitrogen functional groups attached to an aromatic ring is 1. The first-order valence-corrected chi connectivity index (χ1v) is 7.22. The fourth-order valence-electron chi connectivity index (χ4n) is 2.54. The van der Waals surface area contributed by atoms with Crippen LogP contribution in [0.1, 0.15) is 35.5 Å².